The van der Waals surface area contributed by atoms with E-state index in [1.54, 1.807) is 0 Å². The Morgan fingerprint density at radius 1 is 1.48 bits per heavy atom. The van der Waals surface area contributed by atoms with Gasteiger partial charge in [-0.15, -0.1) is 24.0 Å². The van der Waals surface area contributed by atoms with Crippen LogP contribution < -0.4 is 10.6 Å². The molecular weight excluding hydrogens is 403 g/mol. The number of hydrogen-bond donors (Lipinski definition) is 2. The Labute approximate surface area is 156 Å². The minimum Gasteiger partial charge on any atom is -0.378 e. The Hall–Kier alpha value is -0.760. The van der Waals surface area contributed by atoms with Crippen LogP contribution in [-0.4, -0.2) is 36.3 Å². The second kappa shape index (κ2) is 7.88. The van der Waals surface area contributed by atoms with Gasteiger partial charge in [-0.05, 0) is 37.8 Å². The molecule has 2 aliphatic rings. The third-order valence-corrected chi connectivity index (χ3v) is 5.33. The molecule has 0 aromatic carbocycles. The Morgan fingerprint density at radius 3 is 2.78 bits per heavy atom. The molecule has 2 unspecified atom stereocenters. The molecular formula is C17H29IN4O. The minimum absolute atomic E-state index is 0. The molecule has 2 saturated carbocycles. The van der Waals surface area contributed by atoms with Crippen molar-refractivity contribution in [3.05, 3.63) is 24.0 Å². The first kappa shape index (κ1) is 18.6. The number of nitrogens with zero attached hydrogens (tertiary/aromatic N) is 2. The normalized spacial score (nSPS) is 25.3. The van der Waals surface area contributed by atoms with E-state index >= 15 is 0 Å². The first-order valence-electron chi connectivity index (χ1n) is 8.37. The fourth-order valence-electron chi connectivity index (χ4n) is 3.85. The lowest BCUT2D eigenvalue weighted by Crippen LogP contribution is -2.68. The van der Waals surface area contributed by atoms with Gasteiger partial charge in [0.2, 0.25) is 0 Å². The van der Waals surface area contributed by atoms with Crippen LogP contribution >= 0.6 is 24.0 Å². The lowest BCUT2D eigenvalue weighted by atomic mass is 9.51. The van der Waals surface area contributed by atoms with Crippen molar-refractivity contribution in [1.29, 1.82) is 0 Å². The highest BCUT2D eigenvalue weighted by Crippen LogP contribution is 2.57. The van der Waals surface area contributed by atoms with Crippen molar-refractivity contribution in [3.8, 4) is 0 Å². The van der Waals surface area contributed by atoms with Crippen molar-refractivity contribution in [1.82, 2.24) is 15.2 Å². The van der Waals surface area contributed by atoms with E-state index in [2.05, 4.69) is 45.6 Å². The molecule has 1 aromatic rings. The quantitative estimate of drug-likeness (QED) is 0.428. The highest BCUT2D eigenvalue weighted by molar-refractivity contribution is 14.0. The Bertz CT molecular complexity index is 538. The lowest BCUT2D eigenvalue weighted by molar-refractivity contribution is -0.168. The summed E-state index contributed by atoms with van der Waals surface area (Å²) in [7, 11) is 3.88. The largest absolute Gasteiger partial charge is 0.378 e. The molecule has 3 rings (SSSR count). The molecule has 0 bridgehead atoms. The van der Waals surface area contributed by atoms with Gasteiger partial charge in [0.1, 0.15) is 0 Å². The number of hydrogen-bond acceptors (Lipinski definition) is 2. The van der Waals surface area contributed by atoms with Crippen LogP contribution in [-0.2, 0) is 18.3 Å². The lowest BCUT2D eigenvalue weighted by Gasteiger charge is -2.61. The summed E-state index contributed by atoms with van der Waals surface area (Å²) in [6.07, 6.45) is 9.63. The molecule has 1 spiro atoms. The number of halogens is 1. The van der Waals surface area contributed by atoms with Crippen LogP contribution in [0.4, 0.5) is 0 Å². The average molecular weight is 432 g/mol. The van der Waals surface area contributed by atoms with Crippen molar-refractivity contribution in [3.63, 3.8) is 0 Å². The zero-order valence-electron chi connectivity index (χ0n) is 14.3. The summed E-state index contributed by atoms with van der Waals surface area (Å²) in [4.78, 5) is 4.37. The zero-order chi connectivity index (χ0) is 15.6. The predicted octanol–water partition coefficient (Wildman–Crippen LogP) is 2.66. The Balaban J connectivity index is 0.00000192. The van der Waals surface area contributed by atoms with Crippen LogP contribution in [0, 0.1) is 5.41 Å². The van der Waals surface area contributed by atoms with Crippen LogP contribution in [0.25, 0.3) is 0 Å². The molecule has 2 N–H and O–H groups in total. The SMILES string of the molecule is CCOC1CC(NC(=NC)NCc2ccn(C)c2)C12CCC2.I. The first-order valence-corrected chi connectivity index (χ1v) is 8.37. The molecule has 2 atom stereocenters. The first-order chi connectivity index (χ1) is 10.7. The van der Waals surface area contributed by atoms with E-state index in [0.717, 1.165) is 25.5 Å². The topological polar surface area (TPSA) is 50.6 Å². The van der Waals surface area contributed by atoms with Crippen molar-refractivity contribution in [2.24, 2.45) is 17.5 Å². The van der Waals surface area contributed by atoms with Crippen molar-refractivity contribution in [2.75, 3.05) is 13.7 Å². The van der Waals surface area contributed by atoms with Gasteiger partial charge in [-0.25, -0.2) is 0 Å². The molecule has 1 aromatic heterocycles. The number of aromatic nitrogens is 1. The molecule has 0 amide bonds. The smallest absolute Gasteiger partial charge is 0.191 e. The predicted molar refractivity (Wildman–Crippen MR) is 104 cm³/mol. The van der Waals surface area contributed by atoms with Gasteiger partial charge in [0.05, 0.1) is 6.10 Å². The number of nitrogens with one attached hydrogen (secondary N) is 2. The van der Waals surface area contributed by atoms with Crippen molar-refractivity contribution in [2.45, 2.75) is 51.3 Å². The Morgan fingerprint density at radius 2 is 2.26 bits per heavy atom. The summed E-state index contributed by atoms with van der Waals surface area (Å²) < 4.78 is 7.97. The maximum Gasteiger partial charge on any atom is 0.191 e. The summed E-state index contributed by atoms with van der Waals surface area (Å²) in [5.41, 5.74) is 1.63. The molecule has 23 heavy (non-hydrogen) atoms. The third-order valence-electron chi connectivity index (χ3n) is 5.33. The number of aliphatic imine (C=N–C) groups is 1. The second-order valence-electron chi connectivity index (χ2n) is 6.57. The van der Waals surface area contributed by atoms with E-state index < -0.39 is 0 Å². The minimum atomic E-state index is 0. The number of aryl methyl sites for hydroxylation is 1. The number of ether oxygens (including phenoxy) is 1. The molecule has 0 radical (unpaired) electrons. The van der Waals surface area contributed by atoms with Gasteiger partial charge in [0.15, 0.2) is 5.96 Å². The molecule has 2 aliphatic carbocycles. The fraction of sp³-hybridized carbons (Fsp3) is 0.706. The molecule has 0 aliphatic heterocycles. The molecule has 130 valence electrons. The zero-order valence-corrected chi connectivity index (χ0v) is 16.7. The summed E-state index contributed by atoms with van der Waals surface area (Å²) in [5.74, 6) is 0.898. The number of rotatable bonds is 5. The van der Waals surface area contributed by atoms with E-state index in [0.29, 0.717) is 17.6 Å². The number of guanidine groups is 1. The highest BCUT2D eigenvalue weighted by atomic mass is 127. The van der Waals surface area contributed by atoms with E-state index in [-0.39, 0.29) is 24.0 Å². The maximum atomic E-state index is 5.91. The monoisotopic (exact) mass is 432 g/mol. The van der Waals surface area contributed by atoms with Crippen LogP contribution in [0.3, 0.4) is 0 Å². The summed E-state index contributed by atoms with van der Waals surface area (Å²) in [6, 6.07) is 2.63. The second-order valence-corrected chi connectivity index (χ2v) is 6.57. The molecule has 1 heterocycles. The summed E-state index contributed by atoms with van der Waals surface area (Å²) >= 11 is 0. The van der Waals surface area contributed by atoms with Gasteiger partial charge in [0, 0.05) is 51.1 Å². The van der Waals surface area contributed by atoms with E-state index in [9.17, 15) is 0 Å². The van der Waals surface area contributed by atoms with Gasteiger partial charge >= 0.3 is 0 Å². The van der Waals surface area contributed by atoms with Gasteiger partial charge in [-0.1, -0.05) is 6.42 Å². The van der Waals surface area contributed by atoms with Crippen LogP contribution in [0.2, 0.25) is 0 Å². The van der Waals surface area contributed by atoms with Gasteiger partial charge in [-0.2, -0.15) is 0 Å². The van der Waals surface area contributed by atoms with Crippen LogP contribution in [0.5, 0.6) is 0 Å². The van der Waals surface area contributed by atoms with E-state index in [1.165, 1.54) is 24.8 Å². The van der Waals surface area contributed by atoms with Crippen LogP contribution in [0.1, 0.15) is 38.2 Å². The molecule has 6 heteroatoms. The fourth-order valence-corrected chi connectivity index (χ4v) is 3.85. The standard InChI is InChI=1S/C17H28N4O.HI/c1-4-22-15-10-14(17(15)7-5-8-17)20-16(18-2)19-11-13-6-9-21(3)12-13;/h6,9,12,14-15H,4-5,7-8,10-11H2,1-3H3,(H2,18,19,20);1H. The van der Waals surface area contributed by atoms with E-state index in [4.69, 9.17) is 4.74 Å². The third kappa shape index (κ3) is 3.68. The van der Waals surface area contributed by atoms with Crippen molar-refractivity contribution < 1.29 is 4.74 Å². The molecule has 2 fully saturated rings. The molecule has 0 saturated heterocycles. The molecule has 5 nitrogen and oxygen atoms in total. The summed E-state index contributed by atoms with van der Waals surface area (Å²) in [6.45, 7) is 3.71. The highest BCUT2D eigenvalue weighted by Gasteiger charge is 2.59. The van der Waals surface area contributed by atoms with Gasteiger partial charge < -0.3 is 19.9 Å². The van der Waals surface area contributed by atoms with Crippen LogP contribution in [0.15, 0.2) is 23.5 Å². The average Bonchev–Trinajstić information content (AvgIpc) is 2.85. The van der Waals surface area contributed by atoms with Gasteiger partial charge in [-0.3, -0.25) is 4.99 Å². The Kier molecular flexibility index (Phi) is 6.36. The van der Waals surface area contributed by atoms with Gasteiger partial charge in [0.25, 0.3) is 0 Å². The maximum absolute atomic E-state index is 5.91. The summed E-state index contributed by atoms with van der Waals surface area (Å²) in [5, 5.41) is 7.03. The van der Waals surface area contributed by atoms with Crippen molar-refractivity contribution >= 4 is 29.9 Å². The van der Waals surface area contributed by atoms with E-state index in [1.807, 2.05) is 14.1 Å².